The molecule has 12 heteroatoms. The van der Waals surface area contributed by atoms with Gasteiger partial charge in [-0.15, -0.1) is 0 Å². The number of carbonyl (C=O) groups is 1. The molecule has 170 valence electrons. The van der Waals surface area contributed by atoms with Gasteiger partial charge in [0, 0.05) is 5.69 Å². The molecule has 1 aromatic carbocycles. The highest BCUT2D eigenvalue weighted by Gasteiger charge is 2.44. The summed E-state index contributed by atoms with van der Waals surface area (Å²) in [7, 11) is 0. The molecule has 32 heavy (non-hydrogen) atoms. The molecule has 1 fully saturated rings. The number of hydrogen-bond donors (Lipinski definition) is 5. The van der Waals surface area contributed by atoms with E-state index >= 15 is 0 Å². The lowest BCUT2D eigenvalue weighted by molar-refractivity contribution is -0.0511. The van der Waals surface area contributed by atoms with Crippen LogP contribution >= 0.6 is 0 Å². The van der Waals surface area contributed by atoms with E-state index in [0.29, 0.717) is 18.0 Å². The number of carbonyl (C=O) groups excluding carboxylic acids is 1. The number of aromatic nitrogens is 4. The highest BCUT2D eigenvalue weighted by Crippen LogP contribution is 2.32. The number of ether oxygens (including phenoxy) is 2. The van der Waals surface area contributed by atoms with Crippen LogP contribution in [0.15, 0.2) is 36.9 Å². The van der Waals surface area contributed by atoms with Crippen LogP contribution in [-0.4, -0.2) is 72.4 Å². The minimum Gasteiger partial charge on any atom is -0.494 e. The predicted molar refractivity (Wildman–Crippen MR) is 113 cm³/mol. The number of benzene rings is 1. The summed E-state index contributed by atoms with van der Waals surface area (Å²) in [5.74, 6) is 0.867. The summed E-state index contributed by atoms with van der Waals surface area (Å²) in [6, 6.07) is 6.43. The van der Waals surface area contributed by atoms with Crippen LogP contribution in [0.2, 0.25) is 0 Å². The van der Waals surface area contributed by atoms with Crippen molar-refractivity contribution in [3.63, 3.8) is 0 Å². The molecular weight excluding hydrogens is 420 g/mol. The van der Waals surface area contributed by atoms with Gasteiger partial charge in [0.2, 0.25) is 0 Å². The number of nitrogens with zero attached hydrogens (tertiary/aromatic N) is 4. The van der Waals surface area contributed by atoms with E-state index in [1.165, 1.54) is 17.2 Å². The molecular formula is C20H24N6O6. The summed E-state index contributed by atoms with van der Waals surface area (Å²) in [6.45, 7) is 2.19. The van der Waals surface area contributed by atoms with Crippen molar-refractivity contribution in [2.45, 2.75) is 37.9 Å². The predicted octanol–water partition coefficient (Wildman–Crippen LogP) is 0.871. The molecule has 0 radical (unpaired) electrons. The third kappa shape index (κ3) is 4.34. The highest BCUT2D eigenvalue weighted by atomic mass is 16.6. The van der Waals surface area contributed by atoms with Crippen molar-refractivity contribution in [2.24, 2.45) is 0 Å². The van der Waals surface area contributed by atoms with Crippen molar-refractivity contribution in [1.29, 1.82) is 0 Å². The number of aliphatic hydroxyl groups is 3. The molecule has 4 atom stereocenters. The molecule has 0 bridgehead atoms. The molecule has 0 aliphatic carbocycles. The van der Waals surface area contributed by atoms with E-state index in [4.69, 9.17) is 9.47 Å². The fraction of sp³-hybridized carbons (Fsp3) is 0.400. The lowest BCUT2D eigenvalue weighted by Crippen LogP contribution is -2.33. The smallest absolute Gasteiger partial charge is 0.324 e. The molecule has 1 aliphatic heterocycles. The van der Waals surface area contributed by atoms with Crippen LogP contribution in [0.25, 0.3) is 11.2 Å². The Balaban J connectivity index is 1.48. The number of amides is 2. The zero-order chi connectivity index (χ0) is 22.7. The second-order valence-electron chi connectivity index (χ2n) is 7.23. The number of fused-ring (bicyclic) bond motifs is 1. The third-order valence-corrected chi connectivity index (χ3v) is 4.97. The maximum Gasteiger partial charge on any atom is 0.324 e. The van der Waals surface area contributed by atoms with Gasteiger partial charge in [0.1, 0.15) is 30.4 Å². The summed E-state index contributed by atoms with van der Waals surface area (Å²) in [4.78, 5) is 24.9. The maximum atomic E-state index is 12.4. The molecule has 1 aliphatic rings. The molecule has 0 unspecified atom stereocenters. The molecule has 2 aromatic heterocycles. The largest absolute Gasteiger partial charge is 0.494 e. The Hall–Kier alpha value is -3.32. The van der Waals surface area contributed by atoms with Crippen LogP contribution in [0, 0.1) is 0 Å². The van der Waals surface area contributed by atoms with Gasteiger partial charge in [-0.1, -0.05) is 6.92 Å². The van der Waals surface area contributed by atoms with E-state index in [-0.39, 0.29) is 17.0 Å². The van der Waals surface area contributed by atoms with Crippen LogP contribution in [-0.2, 0) is 4.74 Å². The summed E-state index contributed by atoms with van der Waals surface area (Å²) >= 11 is 0. The van der Waals surface area contributed by atoms with Gasteiger partial charge in [0.15, 0.2) is 23.2 Å². The highest BCUT2D eigenvalue weighted by molar-refractivity contribution is 6.02. The van der Waals surface area contributed by atoms with Gasteiger partial charge in [-0.25, -0.2) is 19.7 Å². The molecule has 4 rings (SSSR count). The van der Waals surface area contributed by atoms with E-state index in [0.717, 1.165) is 6.42 Å². The molecule has 3 heterocycles. The summed E-state index contributed by atoms with van der Waals surface area (Å²) in [5.41, 5.74) is 1.11. The number of anilines is 2. The second-order valence-corrected chi connectivity index (χ2v) is 7.23. The van der Waals surface area contributed by atoms with Crippen molar-refractivity contribution >= 4 is 28.7 Å². The van der Waals surface area contributed by atoms with E-state index < -0.39 is 37.2 Å². The number of aliphatic hydroxyl groups excluding tert-OH is 3. The first kappa shape index (κ1) is 21.9. The first-order chi connectivity index (χ1) is 15.5. The van der Waals surface area contributed by atoms with Crippen molar-refractivity contribution in [3.8, 4) is 5.75 Å². The van der Waals surface area contributed by atoms with Crippen molar-refractivity contribution in [1.82, 2.24) is 19.5 Å². The third-order valence-electron chi connectivity index (χ3n) is 4.97. The van der Waals surface area contributed by atoms with E-state index in [1.807, 2.05) is 6.92 Å². The van der Waals surface area contributed by atoms with Gasteiger partial charge >= 0.3 is 6.03 Å². The Kier molecular flexibility index (Phi) is 6.46. The zero-order valence-corrected chi connectivity index (χ0v) is 17.3. The summed E-state index contributed by atoms with van der Waals surface area (Å²) < 4.78 is 12.5. The lowest BCUT2D eigenvalue weighted by atomic mass is 10.1. The molecule has 1 saturated heterocycles. The van der Waals surface area contributed by atoms with Gasteiger partial charge in [-0.2, -0.15) is 0 Å². The lowest BCUT2D eigenvalue weighted by Gasteiger charge is -2.16. The average molecular weight is 444 g/mol. The SMILES string of the molecule is CCCOc1ccc(NC(=O)Nc2ncnc3c2ncn3[C@@H]2O[C@H](CO)[C@@H](O)[C@H]2O)cc1. The summed E-state index contributed by atoms with van der Waals surface area (Å²) in [6.07, 6.45) is -0.988. The normalized spacial score (nSPS) is 22.8. The molecule has 12 nitrogen and oxygen atoms in total. The topological polar surface area (TPSA) is 164 Å². The Morgan fingerprint density at radius 2 is 1.94 bits per heavy atom. The summed E-state index contributed by atoms with van der Waals surface area (Å²) in [5, 5.41) is 34.9. The fourth-order valence-electron chi connectivity index (χ4n) is 3.36. The fourth-order valence-corrected chi connectivity index (χ4v) is 3.36. The monoisotopic (exact) mass is 444 g/mol. The Bertz CT molecular complexity index is 1070. The molecule has 0 saturated carbocycles. The second kappa shape index (κ2) is 9.44. The Morgan fingerprint density at radius 3 is 2.62 bits per heavy atom. The van der Waals surface area contributed by atoms with Crippen molar-refractivity contribution in [2.75, 3.05) is 23.8 Å². The minimum atomic E-state index is -1.29. The van der Waals surface area contributed by atoms with Gasteiger partial charge < -0.3 is 30.1 Å². The first-order valence-corrected chi connectivity index (χ1v) is 10.1. The van der Waals surface area contributed by atoms with Crippen LogP contribution < -0.4 is 15.4 Å². The van der Waals surface area contributed by atoms with Gasteiger partial charge in [-0.05, 0) is 30.7 Å². The van der Waals surface area contributed by atoms with Crippen LogP contribution in [0.1, 0.15) is 19.6 Å². The maximum absolute atomic E-state index is 12.4. The standard InChI is InChI=1S/C20H24N6O6/c1-2-7-31-12-5-3-11(4-6-12)24-20(30)25-17-14-18(22-9-21-17)26(10-23-14)19-16(29)15(28)13(8-27)32-19/h3-6,9-10,13,15-16,19,27-29H,2,7-8H2,1H3,(H2,21,22,24,25,30)/t13-,15-,16-,19-/m1/s1. The van der Waals surface area contributed by atoms with Crippen molar-refractivity contribution < 1.29 is 29.6 Å². The van der Waals surface area contributed by atoms with E-state index in [1.54, 1.807) is 24.3 Å². The van der Waals surface area contributed by atoms with Gasteiger partial charge in [0.05, 0.1) is 19.5 Å². The minimum absolute atomic E-state index is 0.154. The first-order valence-electron chi connectivity index (χ1n) is 10.1. The number of urea groups is 1. The number of hydrogen-bond acceptors (Lipinski definition) is 9. The number of imidazole rings is 1. The average Bonchev–Trinajstić information content (AvgIpc) is 3.35. The Morgan fingerprint density at radius 1 is 1.16 bits per heavy atom. The molecule has 3 aromatic rings. The van der Waals surface area contributed by atoms with Gasteiger partial charge in [-0.3, -0.25) is 9.88 Å². The molecule has 5 N–H and O–H groups in total. The molecule has 0 spiro atoms. The number of nitrogens with one attached hydrogen (secondary N) is 2. The molecule has 2 amide bonds. The van der Waals surface area contributed by atoms with Crippen LogP contribution in [0.3, 0.4) is 0 Å². The van der Waals surface area contributed by atoms with E-state index in [2.05, 4.69) is 25.6 Å². The Labute approximate surface area is 182 Å². The quantitative estimate of drug-likeness (QED) is 0.356. The van der Waals surface area contributed by atoms with E-state index in [9.17, 15) is 20.1 Å². The zero-order valence-electron chi connectivity index (χ0n) is 17.3. The van der Waals surface area contributed by atoms with Crippen LogP contribution in [0.5, 0.6) is 5.75 Å². The van der Waals surface area contributed by atoms with Crippen LogP contribution in [0.4, 0.5) is 16.3 Å². The number of rotatable bonds is 7. The van der Waals surface area contributed by atoms with Gasteiger partial charge in [0.25, 0.3) is 0 Å². The van der Waals surface area contributed by atoms with Crippen molar-refractivity contribution in [3.05, 3.63) is 36.9 Å².